The van der Waals surface area contributed by atoms with Gasteiger partial charge in [0.1, 0.15) is 5.82 Å². The predicted molar refractivity (Wildman–Crippen MR) is 123 cm³/mol. The second-order valence-corrected chi connectivity index (χ2v) is 9.86. The lowest BCUT2D eigenvalue weighted by molar-refractivity contribution is 0.432. The van der Waals surface area contributed by atoms with Crippen LogP contribution < -0.4 is 5.32 Å². The van der Waals surface area contributed by atoms with Crippen LogP contribution in [0.15, 0.2) is 67.1 Å². The van der Waals surface area contributed by atoms with Crippen LogP contribution in [0.3, 0.4) is 0 Å². The summed E-state index contributed by atoms with van der Waals surface area (Å²) in [7, 11) is -3.22. The fourth-order valence-corrected chi connectivity index (χ4v) is 4.79. The normalized spacial score (nSPS) is 13.8. The van der Waals surface area contributed by atoms with Gasteiger partial charge in [0.15, 0.2) is 5.82 Å². The van der Waals surface area contributed by atoms with E-state index in [2.05, 4.69) is 25.5 Å². The molecule has 32 heavy (non-hydrogen) atoms. The quantitative estimate of drug-likeness (QED) is 0.465. The van der Waals surface area contributed by atoms with Gasteiger partial charge in [0.2, 0.25) is 10.0 Å². The Morgan fingerprint density at radius 3 is 2.53 bits per heavy atom. The van der Waals surface area contributed by atoms with E-state index in [1.807, 2.05) is 54.7 Å². The van der Waals surface area contributed by atoms with E-state index < -0.39 is 10.0 Å². The Hall–Kier alpha value is -3.56. The van der Waals surface area contributed by atoms with E-state index in [-0.39, 0.29) is 5.75 Å². The molecular weight excluding hydrogens is 424 g/mol. The minimum Gasteiger partial charge on any atom is -0.340 e. The number of H-pyrrole nitrogens is 1. The van der Waals surface area contributed by atoms with Gasteiger partial charge in [0, 0.05) is 42.3 Å². The minimum atomic E-state index is -3.22. The van der Waals surface area contributed by atoms with E-state index in [0.717, 1.165) is 33.5 Å². The van der Waals surface area contributed by atoms with Crippen LogP contribution in [-0.4, -0.2) is 38.6 Å². The summed E-state index contributed by atoms with van der Waals surface area (Å²) in [4.78, 5) is 9.07. The van der Waals surface area contributed by atoms with Gasteiger partial charge in [-0.05, 0) is 47.9 Å². The van der Waals surface area contributed by atoms with E-state index in [4.69, 9.17) is 0 Å². The molecule has 0 spiro atoms. The van der Waals surface area contributed by atoms with Crippen molar-refractivity contribution in [2.45, 2.75) is 20.0 Å². The lowest BCUT2D eigenvalue weighted by Gasteiger charge is -2.13. The summed E-state index contributed by atoms with van der Waals surface area (Å²) in [6, 6.07) is 15.7. The van der Waals surface area contributed by atoms with Gasteiger partial charge in [0.25, 0.3) is 0 Å². The lowest BCUT2D eigenvalue weighted by Crippen LogP contribution is -2.26. The number of hydrogen-bond donors (Lipinski definition) is 2. The molecular formula is C23H22N6O2S. The molecule has 2 N–H and O–H groups in total. The third kappa shape index (κ3) is 4.00. The van der Waals surface area contributed by atoms with Crippen LogP contribution >= 0.6 is 0 Å². The molecule has 162 valence electrons. The summed E-state index contributed by atoms with van der Waals surface area (Å²) < 4.78 is 26.0. The highest BCUT2D eigenvalue weighted by atomic mass is 32.2. The number of anilines is 2. The van der Waals surface area contributed by atoms with Crippen molar-refractivity contribution in [3.05, 3.63) is 78.2 Å². The largest absolute Gasteiger partial charge is 0.340 e. The third-order valence-electron chi connectivity index (χ3n) is 5.56. The Balaban J connectivity index is 1.35. The summed E-state index contributed by atoms with van der Waals surface area (Å²) in [5.41, 5.74) is 5.90. The number of aromatic amines is 1. The van der Waals surface area contributed by atoms with Crippen molar-refractivity contribution in [3.63, 3.8) is 0 Å². The summed E-state index contributed by atoms with van der Waals surface area (Å²) in [6.07, 6.45) is 5.35. The van der Waals surface area contributed by atoms with Crippen molar-refractivity contribution < 1.29 is 8.42 Å². The molecule has 0 aliphatic carbocycles. The molecule has 0 radical (unpaired) electrons. The molecule has 2 aromatic heterocycles. The molecule has 0 atom stereocenters. The van der Waals surface area contributed by atoms with Gasteiger partial charge in [0.05, 0.1) is 11.9 Å². The van der Waals surface area contributed by atoms with Crippen molar-refractivity contribution in [1.82, 2.24) is 24.5 Å². The molecule has 0 unspecified atom stereocenters. The Bertz CT molecular complexity index is 1350. The molecule has 3 heterocycles. The summed E-state index contributed by atoms with van der Waals surface area (Å²) in [5.74, 6) is 1.37. The maximum atomic E-state index is 12.2. The monoisotopic (exact) mass is 446 g/mol. The molecule has 5 rings (SSSR count). The molecule has 0 saturated carbocycles. The Morgan fingerprint density at radius 1 is 1.00 bits per heavy atom. The van der Waals surface area contributed by atoms with Crippen LogP contribution in [0, 0.1) is 0 Å². The smallest absolute Gasteiger partial charge is 0.214 e. The molecule has 4 aromatic rings. The number of sulfonamides is 1. The van der Waals surface area contributed by atoms with Crippen LogP contribution in [0.4, 0.5) is 11.5 Å². The van der Waals surface area contributed by atoms with Gasteiger partial charge in [-0.3, -0.25) is 5.10 Å². The maximum absolute atomic E-state index is 12.2. The molecule has 2 aromatic carbocycles. The van der Waals surface area contributed by atoms with E-state index in [1.54, 1.807) is 19.3 Å². The topological polar surface area (TPSA) is 104 Å². The zero-order valence-corrected chi connectivity index (χ0v) is 18.3. The molecule has 0 saturated heterocycles. The number of nitrogens with one attached hydrogen (secondary N) is 2. The number of benzene rings is 2. The van der Waals surface area contributed by atoms with Crippen molar-refractivity contribution >= 4 is 21.5 Å². The highest BCUT2D eigenvalue weighted by Crippen LogP contribution is 2.29. The number of aromatic nitrogens is 4. The molecule has 1 aliphatic rings. The fourth-order valence-electron chi connectivity index (χ4n) is 3.75. The SMILES string of the molecule is CCS(=O)(=O)N1Cc2ccc(-c3nccc(Nc4ccc(-c5cn[nH]c5)cc4)n3)cc2C1. The Morgan fingerprint density at radius 2 is 1.78 bits per heavy atom. The average Bonchev–Trinajstić information content (AvgIpc) is 3.50. The molecule has 9 heteroatoms. The molecule has 0 amide bonds. The first-order valence-corrected chi connectivity index (χ1v) is 11.9. The molecule has 0 fully saturated rings. The summed E-state index contributed by atoms with van der Waals surface area (Å²) in [5, 5.41) is 10.1. The Kier molecular flexibility index (Phi) is 5.20. The van der Waals surface area contributed by atoms with Crippen LogP contribution in [0.25, 0.3) is 22.5 Å². The number of nitrogens with zero attached hydrogens (tertiary/aromatic N) is 4. The molecule has 0 bridgehead atoms. The zero-order valence-electron chi connectivity index (χ0n) is 17.5. The van der Waals surface area contributed by atoms with Crippen LogP contribution in [0.1, 0.15) is 18.1 Å². The highest BCUT2D eigenvalue weighted by molar-refractivity contribution is 7.89. The van der Waals surface area contributed by atoms with Crippen molar-refractivity contribution in [2.75, 3.05) is 11.1 Å². The second kappa shape index (κ2) is 8.18. The minimum absolute atomic E-state index is 0.105. The van der Waals surface area contributed by atoms with Gasteiger partial charge >= 0.3 is 0 Å². The van der Waals surface area contributed by atoms with Crippen molar-refractivity contribution in [3.8, 4) is 22.5 Å². The second-order valence-electron chi connectivity index (χ2n) is 7.61. The van der Waals surface area contributed by atoms with Crippen molar-refractivity contribution in [1.29, 1.82) is 0 Å². The zero-order chi connectivity index (χ0) is 22.1. The highest BCUT2D eigenvalue weighted by Gasteiger charge is 2.28. The van der Waals surface area contributed by atoms with E-state index in [9.17, 15) is 8.42 Å². The van der Waals surface area contributed by atoms with Gasteiger partial charge in [-0.2, -0.15) is 9.40 Å². The van der Waals surface area contributed by atoms with Crippen LogP contribution in [-0.2, 0) is 23.1 Å². The first-order valence-electron chi connectivity index (χ1n) is 10.3. The summed E-state index contributed by atoms with van der Waals surface area (Å²) in [6.45, 7) is 2.48. The first-order chi connectivity index (χ1) is 15.5. The number of hydrogen-bond acceptors (Lipinski definition) is 6. The van der Waals surface area contributed by atoms with Crippen LogP contribution in [0.2, 0.25) is 0 Å². The van der Waals surface area contributed by atoms with E-state index in [0.29, 0.717) is 24.7 Å². The van der Waals surface area contributed by atoms with Gasteiger partial charge in [-0.25, -0.2) is 18.4 Å². The maximum Gasteiger partial charge on any atom is 0.214 e. The number of rotatable bonds is 6. The third-order valence-corrected chi connectivity index (χ3v) is 7.34. The summed E-state index contributed by atoms with van der Waals surface area (Å²) >= 11 is 0. The van der Waals surface area contributed by atoms with Crippen molar-refractivity contribution in [2.24, 2.45) is 0 Å². The van der Waals surface area contributed by atoms with E-state index >= 15 is 0 Å². The lowest BCUT2D eigenvalue weighted by atomic mass is 10.1. The molecule has 1 aliphatic heterocycles. The predicted octanol–water partition coefficient (Wildman–Crippen LogP) is 3.94. The standard InChI is InChI=1S/C23H22N6O2S/c1-2-32(30,31)29-14-18-4-3-17(11-19(18)15-29)23-24-10-9-22(28-23)27-21-7-5-16(6-8-21)20-12-25-26-13-20/h3-13H,2,14-15H2,1H3,(H,25,26)(H,24,27,28). The van der Waals surface area contributed by atoms with Gasteiger partial charge in [-0.1, -0.05) is 24.3 Å². The number of fused-ring (bicyclic) bond motifs is 1. The van der Waals surface area contributed by atoms with Crippen LogP contribution in [0.5, 0.6) is 0 Å². The Labute approximate surface area is 186 Å². The van der Waals surface area contributed by atoms with Gasteiger partial charge in [-0.15, -0.1) is 0 Å². The van der Waals surface area contributed by atoms with E-state index in [1.165, 1.54) is 4.31 Å². The average molecular weight is 447 g/mol. The van der Waals surface area contributed by atoms with Gasteiger partial charge < -0.3 is 5.32 Å². The first kappa shape index (κ1) is 20.3. The fraction of sp³-hybridized carbons (Fsp3) is 0.174. The molecule has 8 nitrogen and oxygen atoms in total.